The van der Waals surface area contributed by atoms with Gasteiger partial charge >= 0.3 is 5.97 Å². The first-order chi connectivity index (χ1) is 16.0. The Morgan fingerprint density at radius 1 is 1.00 bits per heavy atom. The third-order valence-electron chi connectivity index (χ3n) is 6.23. The van der Waals surface area contributed by atoms with Crippen LogP contribution in [0.1, 0.15) is 42.4 Å². The fourth-order valence-electron chi connectivity index (χ4n) is 4.39. The number of hydrogen-bond donors (Lipinski definition) is 2. The average Bonchev–Trinajstić information content (AvgIpc) is 2.82. The van der Waals surface area contributed by atoms with Crippen LogP contribution in [-0.2, 0) is 9.53 Å². The van der Waals surface area contributed by atoms with Gasteiger partial charge in [-0.15, -0.1) is 0 Å². The molecule has 33 heavy (non-hydrogen) atoms. The zero-order valence-corrected chi connectivity index (χ0v) is 18.8. The molecule has 1 atom stereocenters. The number of aliphatic hydroxyl groups excluding tert-OH is 1. The topological polar surface area (TPSA) is 108 Å². The molecule has 4 rings (SSSR count). The van der Waals surface area contributed by atoms with Gasteiger partial charge in [0.15, 0.2) is 0 Å². The Hall–Kier alpha value is -3.10. The van der Waals surface area contributed by atoms with Crippen molar-refractivity contribution in [2.45, 2.75) is 39.0 Å². The van der Waals surface area contributed by atoms with Crippen molar-refractivity contribution in [3.8, 4) is 0 Å². The SMILES string of the molecule is Cc1ccc(C2=NN(CC3CCC(COCC(=O)O)CC3)C(O)N=C2c2ccncc2)cc1. The van der Waals surface area contributed by atoms with Gasteiger partial charge in [0.1, 0.15) is 12.3 Å². The van der Waals surface area contributed by atoms with E-state index >= 15 is 0 Å². The van der Waals surface area contributed by atoms with E-state index in [1.54, 1.807) is 17.4 Å². The van der Waals surface area contributed by atoms with E-state index in [2.05, 4.69) is 9.98 Å². The Kier molecular flexibility index (Phi) is 7.47. The van der Waals surface area contributed by atoms with Gasteiger partial charge in [0.25, 0.3) is 0 Å². The van der Waals surface area contributed by atoms with E-state index in [-0.39, 0.29) is 6.61 Å². The molecule has 0 radical (unpaired) electrons. The first kappa shape index (κ1) is 23.1. The summed E-state index contributed by atoms with van der Waals surface area (Å²) >= 11 is 0. The van der Waals surface area contributed by atoms with E-state index in [1.165, 1.54) is 5.56 Å². The maximum Gasteiger partial charge on any atom is 0.329 e. The molecular weight excluding hydrogens is 420 g/mol. The van der Waals surface area contributed by atoms with Crippen LogP contribution in [0, 0.1) is 18.8 Å². The van der Waals surface area contributed by atoms with Crippen molar-refractivity contribution in [3.05, 3.63) is 65.5 Å². The lowest BCUT2D eigenvalue weighted by Gasteiger charge is -2.34. The lowest BCUT2D eigenvalue weighted by Crippen LogP contribution is -2.41. The molecule has 2 aromatic rings. The second-order valence-electron chi connectivity index (χ2n) is 8.79. The second kappa shape index (κ2) is 10.7. The number of aromatic nitrogens is 1. The summed E-state index contributed by atoms with van der Waals surface area (Å²) in [5.41, 5.74) is 4.38. The Morgan fingerprint density at radius 3 is 2.30 bits per heavy atom. The number of nitrogens with zero attached hydrogens (tertiary/aromatic N) is 4. The van der Waals surface area contributed by atoms with Crippen LogP contribution in [0.2, 0.25) is 0 Å². The van der Waals surface area contributed by atoms with Crippen LogP contribution in [0.4, 0.5) is 0 Å². The van der Waals surface area contributed by atoms with Gasteiger partial charge in [-0.3, -0.25) is 4.98 Å². The molecule has 2 N–H and O–H groups in total. The van der Waals surface area contributed by atoms with Crippen LogP contribution < -0.4 is 0 Å². The minimum atomic E-state index is -1.04. The predicted molar refractivity (Wildman–Crippen MR) is 125 cm³/mol. The van der Waals surface area contributed by atoms with Crippen molar-refractivity contribution in [2.75, 3.05) is 19.8 Å². The van der Waals surface area contributed by atoms with Gasteiger partial charge in [-0.05, 0) is 56.6 Å². The maximum absolute atomic E-state index is 10.8. The van der Waals surface area contributed by atoms with Crippen molar-refractivity contribution in [1.29, 1.82) is 0 Å². The largest absolute Gasteiger partial charge is 0.480 e. The van der Waals surface area contributed by atoms with Crippen LogP contribution in [0.3, 0.4) is 0 Å². The summed E-state index contributed by atoms with van der Waals surface area (Å²) in [5.74, 6) is -0.164. The van der Waals surface area contributed by atoms with Gasteiger partial charge < -0.3 is 14.9 Å². The molecule has 1 aromatic heterocycles. The summed E-state index contributed by atoms with van der Waals surface area (Å²) in [5, 5.41) is 26.1. The number of pyridine rings is 1. The highest BCUT2D eigenvalue weighted by Gasteiger charge is 2.29. The van der Waals surface area contributed by atoms with E-state index < -0.39 is 12.3 Å². The Labute approximate surface area is 193 Å². The molecule has 1 aliphatic carbocycles. The number of hydrogen-bond acceptors (Lipinski definition) is 7. The molecular formula is C25H30N4O4. The zero-order valence-electron chi connectivity index (χ0n) is 18.8. The highest BCUT2D eigenvalue weighted by Crippen LogP contribution is 2.31. The molecule has 0 bridgehead atoms. The van der Waals surface area contributed by atoms with Gasteiger partial charge in [-0.25, -0.2) is 14.8 Å². The normalized spacial score (nSPS) is 23.1. The molecule has 1 fully saturated rings. The first-order valence-corrected chi connectivity index (χ1v) is 11.4. The Morgan fingerprint density at radius 2 is 1.64 bits per heavy atom. The standard InChI is InChI=1S/C25H30N4O4/c1-17-2-8-20(9-3-17)24-23(21-10-12-26-13-11-21)27-25(32)29(28-24)14-18-4-6-19(7-5-18)15-33-16-22(30)31/h2-3,8-13,18-19,25,32H,4-7,14-16H2,1H3,(H,30,31). The molecule has 1 aromatic carbocycles. The fourth-order valence-corrected chi connectivity index (χ4v) is 4.39. The molecule has 2 aliphatic rings. The Balaban J connectivity index is 1.46. The van der Waals surface area contributed by atoms with Gasteiger partial charge in [0.05, 0.1) is 12.3 Å². The highest BCUT2D eigenvalue weighted by atomic mass is 16.5. The maximum atomic E-state index is 10.8. The van der Waals surface area contributed by atoms with Crippen LogP contribution >= 0.6 is 0 Å². The van der Waals surface area contributed by atoms with E-state index in [0.29, 0.717) is 30.7 Å². The average molecular weight is 451 g/mol. The highest BCUT2D eigenvalue weighted by molar-refractivity contribution is 6.53. The number of aliphatic imine (C=N–C) groups is 1. The number of aliphatic carboxylic acids is 1. The molecule has 1 unspecified atom stereocenters. The van der Waals surface area contributed by atoms with E-state index in [0.717, 1.165) is 42.5 Å². The molecule has 8 heteroatoms. The molecule has 8 nitrogen and oxygen atoms in total. The molecule has 0 spiro atoms. The molecule has 1 aliphatic heterocycles. The van der Waals surface area contributed by atoms with Crippen molar-refractivity contribution < 1.29 is 19.7 Å². The summed E-state index contributed by atoms with van der Waals surface area (Å²) in [4.78, 5) is 19.3. The number of aliphatic hydroxyl groups is 1. The van der Waals surface area contributed by atoms with Crippen LogP contribution in [0.25, 0.3) is 0 Å². The zero-order chi connectivity index (χ0) is 23.2. The Bertz CT molecular complexity index is 999. The van der Waals surface area contributed by atoms with Crippen molar-refractivity contribution in [1.82, 2.24) is 9.99 Å². The van der Waals surface area contributed by atoms with Gasteiger partial charge in [-0.2, -0.15) is 5.10 Å². The van der Waals surface area contributed by atoms with Crippen LogP contribution in [0.15, 0.2) is 58.9 Å². The van der Waals surface area contributed by atoms with Crippen molar-refractivity contribution >= 4 is 17.4 Å². The van der Waals surface area contributed by atoms with Crippen molar-refractivity contribution in [2.24, 2.45) is 21.9 Å². The van der Waals surface area contributed by atoms with E-state index in [4.69, 9.17) is 14.9 Å². The minimum Gasteiger partial charge on any atom is -0.480 e. The van der Waals surface area contributed by atoms with Gasteiger partial charge in [0, 0.05) is 30.1 Å². The quantitative estimate of drug-likeness (QED) is 0.640. The number of carbonyl (C=O) groups is 1. The summed E-state index contributed by atoms with van der Waals surface area (Å²) in [6.07, 6.45) is 6.31. The number of carboxylic acid groups (broad SMARTS) is 1. The minimum absolute atomic E-state index is 0.242. The number of hydrazone groups is 1. The number of aryl methyl sites for hydroxylation is 1. The van der Waals surface area contributed by atoms with E-state index in [9.17, 15) is 9.90 Å². The molecule has 0 amide bonds. The van der Waals surface area contributed by atoms with Crippen LogP contribution in [-0.4, -0.2) is 63.7 Å². The number of carboxylic acids is 1. The van der Waals surface area contributed by atoms with E-state index in [1.807, 2.05) is 43.3 Å². The number of benzene rings is 1. The summed E-state index contributed by atoms with van der Waals surface area (Å²) < 4.78 is 5.27. The predicted octanol–water partition coefficient (Wildman–Crippen LogP) is 3.08. The summed E-state index contributed by atoms with van der Waals surface area (Å²) in [7, 11) is 0. The van der Waals surface area contributed by atoms with Crippen molar-refractivity contribution in [3.63, 3.8) is 0 Å². The third-order valence-corrected chi connectivity index (χ3v) is 6.23. The molecule has 2 heterocycles. The lowest BCUT2D eigenvalue weighted by atomic mass is 9.82. The van der Waals surface area contributed by atoms with Crippen LogP contribution in [0.5, 0.6) is 0 Å². The smallest absolute Gasteiger partial charge is 0.329 e. The fraction of sp³-hybridized carbons (Fsp3) is 0.440. The first-order valence-electron chi connectivity index (χ1n) is 11.4. The molecule has 174 valence electrons. The number of rotatable bonds is 8. The second-order valence-corrected chi connectivity index (χ2v) is 8.79. The van der Waals surface area contributed by atoms with Gasteiger partial charge in [-0.1, -0.05) is 29.8 Å². The monoisotopic (exact) mass is 450 g/mol. The summed E-state index contributed by atoms with van der Waals surface area (Å²) in [6.45, 7) is 2.91. The van der Waals surface area contributed by atoms with Gasteiger partial charge in [0.2, 0.25) is 6.35 Å². The molecule has 1 saturated carbocycles. The number of ether oxygens (including phenoxy) is 1. The summed E-state index contributed by atoms with van der Waals surface area (Å²) in [6, 6.07) is 11.9. The third kappa shape index (κ3) is 6.03. The molecule has 0 saturated heterocycles. The lowest BCUT2D eigenvalue weighted by molar-refractivity contribution is -0.142.